The predicted molar refractivity (Wildman–Crippen MR) is 56.3 cm³/mol. The molecule has 0 aromatic carbocycles. The van der Waals surface area contributed by atoms with Crippen LogP contribution in [-0.2, 0) is 4.79 Å². The summed E-state index contributed by atoms with van der Waals surface area (Å²) in [6.45, 7) is 6.38. The Kier molecular flexibility index (Phi) is 3.54. The Morgan fingerprint density at radius 3 is 2.86 bits per heavy atom. The van der Waals surface area contributed by atoms with Gasteiger partial charge in [0, 0.05) is 11.5 Å². The molecule has 0 aliphatic carbocycles. The van der Waals surface area contributed by atoms with E-state index in [1.807, 2.05) is 20.8 Å². The topological polar surface area (TPSA) is 66.9 Å². The highest BCUT2D eigenvalue weighted by Crippen LogP contribution is 2.12. The molecule has 0 fully saturated rings. The first-order valence-electron chi connectivity index (χ1n) is 4.40. The zero-order valence-electron chi connectivity index (χ0n) is 8.50. The molecule has 6 heteroatoms. The highest BCUT2D eigenvalue weighted by atomic mass is 32.1. The molecule has 0 unspecified atom stereocenters. The van der Waals surface area contributed by atoms with E-state index in [2.05, 4.69) is 20.2 Å². The van der Waals surface area contributed by atoms with Crippen LogP contribution in [0, 0.1) is 0 Å². The molecule has 2 N–H and O–H groups in total. The molecular weight excluding hydrogens is 200 g/mol. The minimum atomic E-state index is -0.571. The number of hydrogen-bond acceptors (Lipinski definition) is 5. The summed E-state index contributed by atoms with van der Waals surface area (Å²) in [4.78, 5) is 11.7. The first kappa shape index (κ1) is 11.1. The molecular formula is C8H14N4OS. The van der Waals surface area contributed by atoms with E-state index < -0.39 is 5.54 Å². The number of carbonyl (C=O) groups excluding carboxylic acids is 1. The van der Waals surface area contributed by atoms with Gasteiger partial charge in [-0.1, -0.05) is 11.4 Å². The zero-order chi connectivity index (χ0) is 10.6. The van der Waals surface area contributed by atoms with E-state index in [0.29, 0.717) is 5.00 Å². The van der Waals surface area contributed by atoms with Crippen molar-refractivity contribution in [3.8, 4) is 0 Å². The molecule has 0 atom stereocenters. The van der Waals surface area contributed by atoms with Crippen molar-refractivity contribution in [2.24, 2.45) is 0 Å². The molecule has 0 saturated carbocycles. The lowest BCUT2D eigenvalue weighted by Crippen LogP contribution is -2.49. The van der Waals surface area contributed by atoms with Crippen molar-refractivity contribution in [2.45, 2.75) is 26.3 Å². The smallest absolute Gasteiger partial charge is 0.244 e. The largest absolute Gasteiger partial charge is 0.313 e. The molecule has 0 radical (unpaired) electrons. The SMILES string of the molecule is CCNC(C)(C)C(=O)Nc1cnns1. The van der Waals surface area contributed by atoms with E-state index >= 15 is 0 Å². The van der Waals surface area contributed by atoms with E-state index in [9.17, 15) is 4.79 Å². The molecule has 14 heavy (non-hydrogen) atoms. The predicted octanol–water partition coefficient (Wildman–Crippen LogP) is 0.865. The Hall–Kier alpha value is -1.01. The Labute approximate surface area is 87.1 Å². The number of carbonyl (C=O) groups is 1. The van der Waals surface area contributed by atoms with Gasteiger partial charge in [0.1, 0.15) is 5.00 Å². The van der Waals surface area contributed by atoms with Gasteiger partial charge >= 0.3 is 0 Å². The highest BCUT2D eigenvalue weighted by molar-refractivity contribution is 7.10. The summed E-state index contributed by atoms with van der Waals surface area (Å²) in [5, 5.41) is 10.1. The van der Waals surface area contributed by atoms with Gasteiger partial charge in [-0.2, -0.15) is 0 Å². The average Bonchev–Trinajstić information content (AvgIpc) is 2.56. The van der Waals surface area contributed by atoms with Crippen LogP contribution in [0.4, 0.5) is 5.00 Å². The van der Waals surface area contributed by atoms with Crippen LogP contribution in [0.3, 0.4) is 0 Å². The molecule has 1 aromatic heterocycles. The molecule has 1 heterocycles. The molecule has 0 bridgehead atoms. The van der Waals surface area contributed by atoms with Gasteiger partial charge in [0.15, 0.2) is 0 Å². The van der Waals surface area contributed by atoms with Gasteiger partial charge in [0.2, 0.25) is 5.91 Å². The van der Waals surface area contributed by atoms with Crippen molar-refractivity contribution in [3.63, 3.8) is 0 Å². The van der Waals surface area contributed by atoms with Crippen molar-refractivity contribution in [2.75, 3.05) is 11.9 Å². The number of nitrogens with zero attached hydrogens (tertiary/aromatic N) is 2. The summed E-state index contributed by atoms with van der Waals surface area (Å²) in [5.74, 6) is -0.0783. The van der Waals surface area contributed by atoms with Crippen LogP contribution >= 0.6 is 11.5 Å². The molecule has 5 nitrogen and oxygen atoms in total. The fraction of sp³-hybridized carbons (Fsp3) is 0.625. The molecule has 0 saturated heterocycles. The Bertz CT molecular complexity index is 296. The van der Waals surface area contributed by atoms with Gasteiger partial charge in [0.05, 0.1) is 11.7 Å². The number of aromatic nitrogens is 2. The van der Waals surface area contributed by atoms with Gasteiger partial charge in [-0.25, -0.2) is 0 Å². The number of rotatable bonds is 4. The lowest BCUT2D eigenvalue weighted by molar-refractivity contribution is -0.121. The zero-order valence-corrected chi connectivity index (χ0v) is 9.31. The minimum absolute atomic E-state index is 0.0783. The van der Waals surface area contributed by atoms with Crippen LogP contribution in [0.5, 0.6) is 0 Å². The number of likely N-dealkylation sites (N-methyl/N-ethyl adjacent to an activating group) is 1. The maximum Gasteiger partial charge on any atom is 0.244 e. The molecule has 0 aliphatic rings. The number of anilines is 1. The maximum atomic E-state index is 11.7. The molecule has 0 spiro atoms. The molecule has 78 valence electrons. The van der Waals surface area contributed by atoms with Crippen LogP contribution in [0.2, 0.25) is 0 Å². The third kappa shape index (κ3) is 2.74. The average molecular weight is 214 g/mol. The minimum Gasteiger partial charge on any atom is -0.313 e. The fourth-order valence-electron chi connectivity index (χ4n) is 1.01. The third-order valence-electron chi connectivity index (χ3n) is 1.78. The number of nitrogens with one attached hydrogen (secondary N) is 2. The molecule has 1 rings (SSSR count). The van der Waals surface area contributed by atoms with E-state index in [4.69, 9.17) is 0 Å². The first-order chi connectivity index (χ1) is 6.56. The van der Waals surface area contributed by atoms with Gasteiger partial charge < -0.3 is 10.6 Å². The van der Waals surface area contributed by atoms with Crippen molar-refractivity contribution in [1.82, 2.24) is 14.9 Å². The summed E-state index contributed by atoms with van der Waals surface area (Å²) in [6, 6.07) is 0. The lowest BCUT2D eigenvalue weighted by Gasteiger charge is -2.23. The van der Waals surface area contributed by atoms with Crippen LogP contribution in [0.25, 0.3) is 0 Å². The van der Waals surface area contributed by atoms with E-state index in [0.717, 1.165) is 18.1 Å². The fourth-order valence-corrected chi connectivity index (χ4v) is 1.43. The normalized spacial score (nSPS) is 11.4. The summed E-state index contributed by atoms with van der Waals surface area (Å²) >= 11 is 1.16. The standard InChI is InChI=1S/C8H14N4OS/c1-4-9-8(2,3)7(13)11-6-5-10-12-14-6/h5,9H,4H2,1-3H3,(H,11,13). The first-order valence-corrected chi connectivity index (χ1v) is 5.17. The second-order valence-corrected chi connectivity index (χ2v) is 4.18. The quantitative estimate of drug-likeness (QED) is 0.780. The van der Waals surface area contributed by atoms with Crippen molar-refractivity contribution < 1.29 is 4.79 Å². The molecule has 0 aliphatic heterocycles. The van der Waals surface area contributed by atoms with E-state index in [1.165, 1.54) is 6.20 Å². The highest BCUT2D eigenvalue weighted by Gasteiger charge is 2.26. The van der Waals surface area contributed by atoms with Crippen LogP contribution in [0.15, 0.2) is 6.20 Å². The van der Waals surface area contributed by atoms with Crippen LogP contribution < -0.4 is 10.6 Å². The summed E-state index contributed by atoms with van der Waals surface area (Å²) in [5.41, 5.74) is -0.571. The molecule has 1 amide bonds. The van der Waals surface area contributed by atoms with E-state index in [1.54, 1.807) is 0 Å². The Morgan fingerprint density at radius 1 is 1.64 bits per heavy atom. The van der Waals surface area contributed by atoms with Crippen molar-refractivity contribution in [1.29, 1.82) is 0 Å². The maximum absolute atomic E-state index is 11.7. The van der Waals surface area contributed by atoms with Gasteiger partial charge in [-0.15, -0.1) is 5.10 Å². The second kappa shape index (κ2) is 4.47. The van der Waals surface area contributed by atoms with Crippen LogP contribution in [-0.4, -0.2) is 27.6 Å². The van der Waals surface area contributed by atoms with Crippen LogP contribution in [0.1, 0.15) is 20.8 Å². The second-order valence-electron chi connectivity index (χ2n) is 3.39. The number of hydrogen-bond donors (Lipinski definition) is 2. The van der Waals surface area contributed by atoms with E-state index in [-0.39, 0.29) is 5.91 Å². The summed E-state index contributed by atoms with van der Waals surface area (Å²) in [6.07, 6.45) is 1.53. The number of amides is 1. The Balaban J connectivity index is 2.57. The summed E-state index contributed by atoms with van der Waals surface area (Å²) < 4.78 is 3.66. The van der Waals surface area contributed by atoms with Crippen molar-refractivity contribution in [3.05, 3.63) is 6.20 Å². The van der Waals surface area contributed by atoms with Crippen molar-refractivity contribution >= 4 is 22.4 Å². The molecule has 1 aromatic rings. The van der Waals surface area contributed by atoms with Gasteiger partial charge in [0.25, 0.3) is 0 Å². The lowest BCUT2D eigenvalue weighted by atomic mass is 10.1. The summed E-state index contributed by atoms with van der Waals surface area (Å²) in [7, 11) is 0. The monoisotopic (exact) mass is 214 g/mol. The van der Waals surface area contributed by atoms with Gasteiger partial charge in [-0.05, 0) is 20.4 Å². The third-order valence-corrected chi connectivity index (χ3v) is 2.36. The van der Waals surface area contributed by atoms with Gasteiger partial charge in [-0.3, -0.25) is 4.79 Å². The Morgan fingerprint density at radius 2 is 2.36 bits per heavy atom.